The van der Waals surface area contributed by atoms with Crippen molar-refractivity contribution in [2.24, 2.45) is 11.3 Å². The van der Waals surface area contributed by atoms with E-state index in [1.807, 2.05) is 52.8 Å². The van der Waals surface area contributed by atoms with Crippen LogP contribution in [0.1, 0.15) is 111 Å². The molecule has 0 saturated heterocycles. The van der Waals surface area contributed by atoms with Gasteiger partial charge in [0.2, 0.25) is 0 Å². The van der Waals surface area contributed by atoms with Crippen molar-refractivity contribution in [3.8, 4) is 24.3 Å². The molecule has 1 fully saturated rings. The Labute approximate surface area is 271 Å². The zero-order valence-electron chi connectivity index (χ0n) is 28.2. The average Bonchev–Trinajstić information content (AvgIpc) is 3.03. The maximum absolute atomic E-state index is 13.1. The number of allylic oxidation sites excluding steroid dienone is 2. The molecule has 0 bridgehead atoms. The van der Waals surface area contributed by atoms with E-state index < -0.39 is 0 Å². The molecule has 0 aromatic heterocycles. The van der Waals surface area contributed by atoms with E-state index in [4.69, 9.17) is 14.2 Å². The van der Waals surface area contributed by atoms with Gasteiger partial charge in [-0.25, -0.2) is 0 Å². The van der Waals surface area contributed by atoms with E-state index >= 15 is 0 Å². The Morgan fingerprint density at radius 3 is 2.26 bits per heavy atom. The van der Waals surface area contributed by atoms with Crippen molar-refractivity contribution in [2.45, 2.75) is 113 Å². The van der Waals surface area contributed by atoms with Gasteiger partial charge in [0.15, 0.2) is 5.76 Å². The first-order valence-corrected chi connectivity index (χ1v) is 16.3. The molecule has 1 aliphatic rings. The van der Waals surface area contributed by atoms with Crippen molar-refractivity contribution in [1.82, 2.24) is 0 Å². The van der Waals surface area contributed by atoms with Gasteiger partial charge >= 0.3 is 5.97 Å². The molecule has 0 aliphatic heterocycles. The Morgan fingerprint density at radius 2 is 1.77 bits per heavy atom. The summed E-state index contributed by atoms with van der Waals surface area (Å²) in [5, 5.41) is 0. The Kier molecular flexibility index (Phi) is 25.4. The summed E-state index contributed by atoms with van der Waals surface area (Å²) in [5.41, 5.74) is 1.81. The van der Waals surface area contributed by atoms with Crippen molar-refractivity contribution in [3.05, 3.63) is 45.7 Å². The highest BCUT2D eigenvalue weighted by atomic mass is 79.9. The maximum Gasteiger partial charge on any atom is 0.317 e. The van der Waals surface area contributed by atoms with Crippen LogP contribution < -0.4 is 9.47 Å². The fourth-order valence-electron chi connectivity index (χ4n) is 4.66. The van der Waals surface area contributed by atoms with Crippen LogP contribution in [0.3, 0.4) is 0 Å². The lowest BCUT2D eigenvalue weighted by Gasteiger charge is -2.34. The van der Waals surface area contributed by atoms with Gasteiger partial charge in [0.05, 0.1) is 19.1 Å². The fraction of sp³-hybridized carbons (Fsp3) is 0.611. The largest absolute Gasteiger partial charge is 0.496 e. The molecule has 7 heteroatoms. The predicted molar refractivity (Wildman–Crippen MR) is 183 cm³/mol. The quantitative estimate of drug-likeness (QED) is 0.0492. The summed E-state index contributed by atoms with van der Waals surface area (Å²) in [6, 6.07) is 4.07. The van der Waals surface area contributed by atoms with E-state index in [1.165, 1.54) is 12.0 Å². The van der Waals surface area contributed by atoms with Gasteiger partial charge in [-0.05, 0) is 76.8 Å². The molecule has 0 atom stereocenters. The van der Waals surface area contributed by atoms with Crippen molar-refractivity contribution in [2.75, 3.05) is 20.3 Å². The lowest BCUT2D eigenvalue weighted by molar-refractivity contribution is -0.154. The molecule has 0 heterocycles. The number of rotatable bonds is 14. The summed E-state index contributed by atoms with van der Waals surface area (Å²) in [5.74, 6) is 2.68. The number of carbonyl (C=O) groups excluding carboxylic acids is 2. The van der Waals surface area contributed by atoms with E-state index in [1.54, 1.807) is 7.11 Å². The zero-order chi connectivity index (χ0) is 33.3. The van der Waals surface area contributed by atoms with Gasteiger partial charge in [-0.15, -0.1) is 12.8 Å². The highest BCUT2D eigenvalue weighted by Gasteiger charge is 2.40. The molecule has 1 aliphatic carbocycles. The van der Waals surface area contributed by atoms with Crippen LogP contribution in [0.4, 0.5) is 0 Å². The van der Waals surface area contributed by atoms with Crippen LogP contribution in [-0.4, -0.2) is 32.8 Å². The fourth-order valence-corrected chi connectivity index (χ4v) is 4.85. The minimum Gasteiger partial charge on any atom is -0.496 e. The van der Waals surface area contributed by atoms with E-state index in [-0.39, 0.29) is 18.0 Å². The topological polar surface area (TPSA) is 71.1 Å². The molecule has 2 rings (SSSR count). The molecule has 6 nitrogen and oxygen atoms in total. The molecule has 0 N–H and O–H groups in total. The van der Waals surface area contributed by atoms with Crippen LogP contribution in [-0.2, 0) is 25.5 Å². The van der Waals surface area contributed by atoms with Crippen molar-refractivity contribution in [1.29, 1.82) is 0 Å². The molecular formula is C36H57BrO6. The third-order valence-electron chi connectivity index (χ3n) is 7.22. The molecule has 43 heavy (non-hydrogen) atoms. The minimum atomic E-state index is -0.358. The van der Waals surface area contributed by atoms with Gasteiger partial charge in [0.25, 0.3) is 6.47 Å². The number of aryl methyl sites for hydroxylation is 1. The second-order valence-electron chi connectivity index (χ2n) is 10.5. The van der Waals surface area contributed by atoms with Crippen molar-refractivity contribution in [3.63, 3.8) is 0 Å². The number of esters is 1. The highest BCUT2D eigenvalue weighted by molar-refractivity contribution is 9.11. The standard InChI is InChI=1S/C26H39BrO4.C6H10O2.C2H6.C2H2/c1-7-26(15-9-8-10-16-26)25(28)31-23(20(5)27)17-30-22-14-13-21(12-11-18(2)3)24(29-6)19(22)4;1-2-3-4-5-8-6-7;2*1-2/h13-14,18H,7-12,15-17H2,1-6H3;2-3,6H,4-5H2,1H3;1-2H3;1-2H/b23-20-;3-2+;;. The Balaban J connectivity index is 0. The maximum atomic E-state index is 13.1. The lowest BCUT2D eigenvalue weighted by atomic mass is 9.72. The van der Waals surface area contributed by atoms with Gasteiger partial charge in [0.1, 0.15) is 18.1 Å². The van der Waals surface area contributed by atoms with Crippen LogP contribution in [0, 0.1) is 31.1 Å². The summed E-state index contributed by atoms with van der Waals surface area (Å²) in [6.07, 6.45) is 20.8. The molecule has 1 saturated carbocycles. The first kappa shape index (κ1) is 42.4. The van der Waals surface area contributed by atoms with Crippen LogP contribution in [0.25, 0.3) is 0 Å². The van der Waals surface area contributed by atoms with E-state index in [0.29, 0.717) is 24.8 Å². The van der Waals surface area contributed by atoms with Crippen LogP contribution in [0.15, 0.2) is 34.5 Å². The third kappa shape index (κ3) is 16.1. The summed E-state index contributed by atoms with van der Waals surface area (Å²) >= 11 is 3.50. The normalized spacial score (nSPS) is 14.0. The van der Waals surface area contributed by atoms with E-state index in [2.05, 4.69) is 60.4 Å². The smallest absolute Gasteiger partial charge is 0.317 e. The molecule has 1 aromatic carbocycles. The Hall–Kier alpha value is -2.72. The molecule has 0 amide bonds. The number of hydrogen-bond acceptors (Lipinski definition) is 6. The molecule has 0 spiro atoms. The number of hydrogen-bond donors (Lipinski definition) is 0. The number of terminal acetylenes is 1. The molecular weight excluding hydrogens is 608 g/mol. The second kappa shape index (κ2) is 25.7. The number of halogens is 1. The number of methoxy groups -OCH3 is 1. The first-order chi connectivity index (χ1) is 20.6. The Morgan fingerprint density at radius 1 is 1.14 bits per heavy atom. The van der Waals surface area contributed by atoms with Gasteiger partial charge in [-0.2, -0.15) is 0 Å². The summed E-state index contributed by atoms with van der Waals surface area (Å²) in [7, 11) is 1.70. The zero-order valence-corrected chi connectivity index (χ0v) is 29.8. The van der Waals surface area contributed by atoms with Crippen LogP contribution in [0.2, 0.25) is 0 Å². The van der Waals surface area contributed by atoms with Crippen LogP contribution in [0.5, 0.6) is 11.5 Å². The minimum absolute atomic E-state index is 0.120. The average molecular weight is 666 g/mol. The SMILES string of the molecule is C#C.C/C=C/CCOC=O.CC.CCC1(C(=O)O/C(COc2ccc(CCC(C)C)c(OC)c2C)=C(/C)Br)CCCCC1. The monoisotopic (exact) mass is 664 g/mol. The van der Waals surface area contributed by atoms with Crippen LogP contribution >= 0.6 is 15.9 Å². The summed E-state index contributed by atoms with van der Waals surface area (Å²) < 4.78 is 22.9. The van der Waals surface area contributed by atoms with E-state index in [0.717, 1.165) is 72.9 Å². The number of ether oxygens (including phenoxy) is 4. The predicted octanol–water partition coefficient (Wildman–Crippen LogP) is 9.90. The number of benzene rings is 1. The van der Waals surface area contributed by atoms with Crippen molar-refractivity contribution < 1.29 is 28.5 Å². The first-order valence-electron chi connectivity index (χ1n) is 15.5. The summed E-state index contributed by atoms with van der Waals surface area (Å²) in [4.78, 5) is 22.6. The third-order valence-corrected chi connectivity index (χ3v) is 7.66. The Bertz CT molecular complexity index is 983. The van der Waals surface area contributed by atoms with Gasteiger partial charge < -0.3 is 18.9 Å². The molecule has 1 aromatic rings. The highest BCUT2D eigenvalue weighted by Crippen LogP contribution is 2.41. The lowest BCUT2D eigenvalue weighted by Crippen LogP contribution is -2.35. The molecule has 244 valence electrons. The van der Waals surface area contributed by atoms with Crippen molar-refractivity contribution >= 4 is 28.4 Å². The van der Waals surface area contributed by atoms with Gasteiger partial charge in [0, 0.05) is 10.0 Å². The molecule has 0 unspecified atom stereocenters. The summed E-state index contributed by atoms with van der Waals surface area (Å²) in [6.45, 7) is 17.5. The van der Waals surface area contributed by atoms with Gasteiger partial charge in [-0.1, -0.05) is 88.0 Å². The molecule has 0 radical (unpaired) electrons. The van der Waals surface area contributed by atoms with E-state index in [9.17, 15) is 9.59 Å². The van der Waals surface area contributed by atoms with Gasteiger partial charge in [-0.3, -0.25) is 9.59 Å². The number of carbonyl (C=O) groups is 2. The second-order valence-corrected chi connectivity index (χ2v) is 11.7.